The molecular formula is C14H20N4O2. The van der Waals surface area contributed by atoms with Crippen molar-refractivity contribution in [3.05, 3.63) is 24.3 Å². The van der Waals surface area contributed by atoms with Gasteiger partial charge < -0.3 is 14.6 Å². The van der Waals surface area contributed by atoms with Gasteiger partial charge in [-0.2, -0.15) is 0 Å². The van der Waals surface area contributed by atoms with E-state index < -0.39 is 0 Å². The van der Waals surface area contributed by atoms with Gasteiger partial charge in [-0.05, 0) is 44.5 Å². The van der Waals surface area contributed by atoms with Gasteiger partial charge in [-0.15, -0.1) is 10.2 Å². The number of nitrogens with two attached hydrogens (primary N) is 1. The number of nitrogens with zero attached hydrogens (tertiary/aromatic N) is 3. The van der Waals surface area contributed by atoms with E-state index in [1.54, 1.807) is 12.3 Å². The molecule has 6 heteroatoms. The number of aromatic nitrogens is 2. The fraction of sp³-hybridized carbons (Fsp3) is 0.571. The maximum Gasteiger partial charge on any atom is 0.283 e. The lowest BCUT2D eigenvalue weighted by Gasteiger charge is -2.34. The minimum Gasteiger partial charge on any atom is -0.459 e. The molecule has 1 saturated heterocycles. The minimum absolute atomic E-state index is 0.442. The summed E-state index contributed by atoms with van der Waals surface area (Å²) in [6.07, 6.45) is 6.33. The average molecular weight is 276 g/mol. The summed E-state index contributed by atoms with van der Waals surface area (Å²) in [4.78, 5) is 2.40. The normalized spacial score (nSPS) is 20.4. The van der Waals surface area contributed by atoms with Crippen LogP contribution in [0.5, 0.6) is 0 Å². The Bertz CT molecular complexity index is 521. The number of hydrogen-bond donors (Lipinski definition) is 1. The van der Waals surface area contributed by atoms with Gasteiger partial charge in [0, 0.05) is 6.04 Å². The highest BCUT2D eigenvalue weighted by atomic mass is 16.4. The van der Waals surface area contributed by atoms with Crippen LogP contribution in [-0.2, 0) is 6.54 Å². The summed E-state index contributed by atoms with van der Waals surface area (Å²) in [5.74, 6) is 1.69. The quantitative estimate of drug-likeness (QED) is 0.900. The van der Waals surface area contributed by atoms with Crippen LogP contribution in [-0.4, -0.2) is 34.2 Å². The van der Waals surface area contributed by atoms with Crippen LogP contribution in [0.15, 0.2) is 27.2 Å². The largest absolute Gasteiger partial charge is 0.459 e. The first-order valence-electron chi connectivity index (χ1n) is 7.17. The molecule has 6 nitrogen and oxygen atoms in total. The van der Waals surface area contributed by atoms with Crippen molar-refractivity contribution in [2.75, 3.05) is 13.1 Å². The number of likely N-dealkylation sites (tertiary alicyclic amines) is 1. The second kappa shape index (κ2) is 6.19. The summed E-state index contributed by atoms with van der Waals surface area (Å²) < 4.78 is 10.9. The van der Waals surface area contributed by atoms with E-state index in [-0.39, 0.29) is 0 Å². The molecule has 0 aromatic carbocycles. The lowest BCUT2D eigenvalue weighted by atomic mass is 9.99. The molecule has 3 rings (SSSR count). The first kappa shape index (κ1) is 13.3. The van der Waals surface area contributed by atoms with Crippen molar-refractivity contribution in [2.45, 2.75) is 38.3 Å². The Balaban J connectivity index is 1.67. The van der Waals surface area contributed by atoms with Gasteiger partial charge in [-0.3, -0.25) is 4.90 Å². The van der Waals surface area contributed by atoms with E-state index >= 15 is 0 Å². The smallest absolute Gasteiger partial charge is 0.283 e. The highest BCUT2D eigenvalue weighted by Crippen LogP contribution is 2.23. The van der Waals surface area contributed by atoms with E-state index in [2.05, 4.69) is 15.1 Å². The molecule has 1 fully saturated rings. The third-order valence-electron chi connectivity index (χ3n) is 3.79. The Kier molecular flexibility index (Phi) is 4.13. The molecule has 3 heterocycles. The lowest BCUT2D eigenvalue weighted by Crippen LogP contribution is -2.40. The topological polar surface area (TPSA) is 81.3 Å². The van der Waals surface area contributed by atoms with E-state index in [0.29, 0.717) is 30.1 Å². The molecule has 0 radical (unpaired) electrons. The first-order valence-corrected chi connectivity index (χ1v) is 7.17. The molecule has 2 N–H and O–H groups in total. The second-order valence-electron chi connectivity index (χ2n) is 5.18. The molecule has 1 unspecified atom stereocenters. The lowest BCUT2D eigenvalue weighted by molar-refractivity contribution is 0.122. The Morgan fingerprint density at radius 3 is 3.10 bits per heavy atom. The first-order chi connectivity index (χ1) is 9.86. The van der Waals surface area contributed by atoms with E-state index in [9.17, 15) is 0 Å². The van der Waals surface area contributed by atoms with Crippen LogP contribution in [0.1, 0.15) is 31.6 Å². The highest BCUT2D eigenvalue weighted by Gasteiger charge is 2.23. The van der Waals surface area contributed by atoms with Gasteiger partial charge in [0.15, 0.2) is 5.76 Å². The summed E-state index contributed by atoms with van der Waals surface area (Å²) in [6, 6.07) is 4.16. The third kappa shape index (κ3) is 2.91. The van der Waals surface area contributed by atoms with Crippen LogP contribution in [0.25, 0.3) is 11.7 Å². The summed E-state index contributed by atoms with van der Waals surface area (Å²) >= 11 is 0. The SMILES string of the molecule is NCCC1CCCCN1Cc1nnc(-c2ccco2)o1. The molecule has 0 amide bonds. The second-order valence-corrected chi connectivity index (χ2v) is 5.18. The highest BCUT2D eigenvalue weighted by molar-refractivity contribution is 5.42. The molecule has 2 aromatic heterocycles. The fourth-order valence-electron chi connectivity index (χ4n) is 2.78. The molecule has 20 heavy (non-hydrogen) atoms. The van der Waals surface area contributed by atoms with Crippen molar-refractivity contribution in [3.8, 4) is 11.7 Å². The standard InChI is InChI=1S/C14H20N4O2/c15-7-6-11-4-1-2-8-18(11)10-13-16-17-14(20-13)12-5-3-9-19-12/h3,5,9,11H,1-2,4,6-8,10,15H2. The molecule has 0 saturated carbocycles. The fourth-order valence-corrected chi connectivity index (χ4v) is 2.78. The van der Waals surface area contributed by atoms with Gasteiger partial charge in [0.05, 0.1) is 12.8 Å². The van der Waals surface area contributed by atoms with Crippen molar-refractivity contribution in [2.24, 2.45) is 5.73 Å². The van der Waals surface area contributed by atoms with Crippen LogP contribution < -0.4 is 5.73 Å². The van der Waals surface area contributed by atoms with Crippen LogP contribution >= 0.6 is 0 Å². The maximum atomic E-state index is 5.69. The van der Waals surface area contributed by atoms with Gasteiger partial charge in [0.1, 0.15) is 0 Å². The summed E-state index contributed by atoms with van der Waals surface area (Å²) in [5, 5.41) is 8.14. The molecule has 1 aliphatic rings. The Morgan fingerprint density at radius 1 is 1.35 bits per heavy atom. The maximum absolute atomic E-state index is 5.69. The molecular weight excluding hydrogens is 256 g/mol. The van der Waals surface area contributed by atoms with Crippen LogP contribution in [0.4, 0.5) is 0 Å². The minimum atomic E-state index is 0.442. The summed E-state index contributed by atoms with van der Waals surface area (Å²) in [7, 11) is 0. The van der Waals surface area contributed by atoms with Crippen molar-refractivity contribution in [1.29, 1.82) is 0 Å². The van der Waals surface area contributed by atoms with E-state index in [4.69, 9.17) is 14.6 Å². The van der Waals surface area contributed by atoms with Crippen molar-refractivity contribution < 1.29 is 8.83 Å². The van der Waals surface area contributed by atoms with Crippen molar-refractivity contribution in [3.63, 3.8) is 0 Å². The Labute approximate surface area is 117 Å². The molecule has 1 atom stereocenters. The van der Waals surface area contributed by atoms with E-state index in [1.165, 1.54) is 19.3 Å². The van der Waals surface area contributed by atoms with Crippen LogP contribution in [0.2, 0.25) is 0 Å². The van der Waals surface area contributed by atoms with Crippen LogP contribution in [0.3, 0.4) is 0 Å². The predicted octanol–water partition coefficient (Wildman–Crippen LogP) is 2.03. The molecule has 0 bridgehead atoms. The number of furan rings is 1. The van der Waals surface area contributed by atoms with Gasteiger partial charge in [-0.25, -0.2) is 0 Å². The number of rotatable bonds is 5. The summed E-state index contributed by atoms with van der Waals surface area (Å²) in [6.45, 7) is 2.49. The van der Waals surface area contributed by atoms with Gasteiger partial charge in [0.25, 0.3) is 5.89 Å². The zero-order valence-electron chi connectivity index (χ0n) is 11.5. The summed E-state index contributed by atoms with van der Waals surface area (Å²) in [5.41, 5.74) is 5.69. The average Bonchev–Trinajstić information content (AvgIpc) is 3.12. The van der Waals surface area contributed by atoms with E-state index in [0.717, 1.165) is 19.5 Å². The molecule has 0 spiro atoms. The number of piperidine rings is 1. The van der Waals surface area contributed by atoms with Gasteiger partial charge in [-0.1, -0.05) is 6.42 Å². The molecule has 1 aliphatic heterocycles. The van der Waals surface area contributed by atoms with Crippen molar-refractivity contribution >= 4 is 0 Å². The molecule has 0 aliphatic carbocycles. The third-order valence-corrected chi connectivity index (χ3v) is 3.79. The number of hydrogen-bond acceptors (Lipinski definition) is 6. The monoisotopic (exact) mass is 276 g/mol. The van der Waals surface area contributed by atoms with Crippen LogP contribution in [0, 0.1) is 0 Å². The Hall–Kier alpha value is -1.66. The van der Waals surface area contributed by atoms with Crippen molar-refractivity contribution in [1.82, 2.24) is 15.1 Å². The predicted molar refractivity (Wildman–Crippen MR) is 73.7 cm³/mol. The zero-order chi connectivity index (χ0) is 13.8. The van der Waals surface area contributed by atoms with Gasteiger partial charge in [0.2, 0.25) is 5.89 Å². The molecule has 2 aromatic rings. The Morgan fingerprint density at radius 2 is 2.30 bits per heavy atom. The van der Waals surface area contributed by atoms with Gasteiger partial charge >= 0.3 is 0 Å². The van der Waals surface area contributed by atoms with E-state index in [1.807, 2.05) is 6.07 Å². The molecule has 108 valence electrons. The zero-order valence-corrected chi connectivity index (χ0v) is 11.5.